The largest absolute Gasteiger partial charge is 0.493 e. The van der Waals surface area contributed by atoms with E-state index in [0.29, 0.717) is 37.0 Å². The highest BCUT2D eigenvalue weighted by atomic mass is 79.9. The van der Waals surface area contributed by atoms with Crippen molar-refractivity contribution >= 4 is 56.5 Å². The van der Waals surface area contributed by atoms with E-state index >= 15 is 0 Å². The fraction of sp³-hybridized carbons (Fsp3) is 0.120. The zero-order chi connectivity index (χ0) is 24.2. The van der Waals surface area contributed by atoms with Crippen LogP contribution in [0.1, 0.15) is 16.7 Å². The molecule has 4 rings (SSSR count). The Hall–Kier alpha value is -2.81. The topological polar surface area (TPSA) is 55.8 Å². The van der Waals surface area contributed by atoms with Gasteiger partial charge in [-0.25, -0.2) is 4.39 Å². The number of hydrogen-bond acceptors (Lipinski definition) is 5. The number of halogens is 3. The SMILES string of the molecule is COc1cc(/C=C2\SC(=O)N(Cc3ccc(Cl)cc3)C2=O)c(Br)cc1OCc1ccccc1F. The minimum absolute atomic E-state index is 0.0262. The molecule has 0 unspecified atom stereocenters. The molecule has 1 aliphatic rings. The molecular weight excluding hydrogens is 545 g/mol. The fourth-order valence-corrected chi connectivity index (χ4v) is 4.65. The van der Waals surface area contributed by atoms with Gasteiger partial charge in [-0.05, 0) is 59.3 Å². The third-order valence-electron chi connectivity index (χ3n) is 5.04. The number of carbonyl (C=O) groups is 2. The molecule has 0 N–H and O–H groups in total. The van der Waals surface area contributed by atoms with Gasteiger partial charge in [0.25, 0.3) is 11.1 Å². The van der Waals surface area contributed by atoms with E-state index in [0.717, 1.165) is 17.3 Å². The number of carbonyl (C=O) groups excluding carboxylic acids is 2. The molecule has 0 aliphatic carbocycles. The Morgan fingerprint density at radius 2 is 1.82 bits per heavy atom. The van der Waals surface area contributed by atoms with Crippen molar-refractivity contribution in [1.82, 2.24) is 4.90 Å². The van der Waals surface area contributed by atoms with Crippen LogP contribution in [0.25, 0.3) is 6.08 Å². The first kappa shape index (κ1) is 24.3. The molecule has 1 saturated heterocycles. The normalized spacial score (nSPS) is 14.7. The van der Waals surface area contributed by atoms with Gasteiger partial charge in [-0.1, -0.05) is 57.9 Å². The monoisotopic (exact) mass is 561 g/mol. The number of methoxy groups -OCH3 is 1. The number of ether oxygens (including phenoxy) is 2. The van der Waals surface area contributed by atoms with Crippen molar-refractivity contribution in [2.45, 2.75) is 13.2 Å². The van der Waals surface area contributed by atoms with Crippen LogP contribution in [0.4, 0.5) is 9.18 Å². The highest BCUT2D eigenvalue weighted by Crippen LogP contribution is 2.38. The highest BCUT2D eigenvalue weighted by Gasteiger charge is 2.35. The molecule has 0 spiro atoms. The van der Waals surface area contributed by atoms with E-state index in [1.54, 1.807) is 60.7 Å². The van der Waals surface area contributed by atoms with Crippen molar-refractivity contribution in [2.24, 2.45) is 0 Å². The molecule has 1 fully saturated rings. The molecule has 34 heavy (non-hydrogen) atoms. The second-order valence-electron chi connectivity index (χ2n) is 7.30. The molecule has 0 bridgehead atoms. The third kappa shape index (κ3) is 5.46. The molecule has 0 radical (unpaired) electrons. The highest BCUT2D eigenvalue weighted by molar-refractivity contribution is 9.10. The summed E-state index contributed by atoms with van der Waals surface area (Å²) in [5.41, 5.74) is 1.85. The summed E-state index contributed by atoms with van der Waals surface area (Å²) in [4.78, 5) is 26.9. The Balaban J connectivity index is 1.54. The first-order chi connectivity index (χ1) is 16.4. The van der Waals surface area contributed by atoms with Gasteiger partial charge in [-0.3, -0.25) is 14.5 Å². The predicted octanol–water partition coefficient (Wildman–Crippen LogP) is 7.07. The zero-order valence-corrected chi connectivity index (χ0v) is 21.0. The quantitative estimate of drug-likeness (QED) is 0.288. The summed E-state index contributed by atoms with van der Waals surface area (Å²) in [6.07, 6.45) is 1.63. The number of rotatable bonds is 7. The van der Waals surface area contributed by atoms with Gasteiger partial charge in [0.05, 0.1) is 18.6 Å². The third-order valence-corrected chi connectivity index (χ3v) is 6.88. The lowest BCUT2D eigenvalue weighted by atomic mass is 10.1. The van der Waals surface area contributed by atoms with Gasteiger partial charge in [0.1, 0.15) is 12.4 Å². The molecule has 9 heteroatoms. The first-order valence-electron chi connectivity index (χ1n) is 10.1. The van der Waals surface area contributed by atoms with Crippen LogP contribution in [0.5, 0.6) is 11.5 Å². The molecule has 5 nitrogen and oxygen atoms in total. The van der Waals surface area contributed by atoms with Gasteiger partial charge in [0.2, 0.25) is 0 Å². The number of amides is 2. The molecule has 3 aromatic rings. The van der Waals surface area contributed by atoms with Gasteiger partial charge in [-0.2, -0.15) is 0 Å². The summed E-state index contributed by atoms with van der Waals surface area (Å²) in [5.74, 6) is 0.0824. The Kier molecular flexibility index (Phi) is 7.60. The van der Waals surface area contributed by atoms with Crippen molar-refractivity contribution < 1.29 is 23.5 Å². The standard InChI is InChI=1S/C25H18BrClFNO4S/c1-32-21-10-17(19(26)12-22(21)33-14-16-4-2-3-5-20(16)28)11-23-24(30)29(25(31)34-23)13-15-6-8-18(27)9-7-15/h2-12H,13-14H2,1H3/b23-11-. The fourth-order valence-electron chi connectivity index (χ4n) is 3.25. The van der Waals surface area contributed by atoms with Crippen molar-refractivity contribution in [2.75, 3.05) is 7.11 Å². The van der Waals surface area contributed by atoms with Crippen LogP contribution in [0.15, 0.2) is 70.0 Å². The Bertz CT molecular complexity index is 1280. The molecular formula is C25H18BrClFNO4S. The van der Waals surface area contributed by atoms with Crippen LogP contribution in [-0.4, -0.2) is 23.2 Å². The summed E-state index contributed by atoms with van der Waals surface area (Å²) >= 11 is 10.3. The number of thioether (sulfide) groups is 1. The van der Waals surface area contributed by atoms with E-state index in [1.807, 2.05) is 0 Å². The number of benzene rings is 3. The second kappa shape index (κ2) is 10.6. The Morgan fingerprint density at radius 1 is 1.09 bits per heavy atom. The summed E-state index contributed by atoms with van der Waals surface area (Å²) in [6, 6.07) is 16.7. The summed E-state index contributed by atoms with van der Waals surface area (Å²) in [6.45, 7) is 0.185. The van der Waals surface area contributed by atoms with Crippen LogP contribution < -0.4 is 9.47 Å². The lowest BCUT2D eigenvalue weighted by Crippen LogP contribution is -2.27. The van der Waals surface area contributed by atoms with Gasteiger partial charge >= 0.3 is 0 Å². The van der Waals surface area contributed by atoms with Crippen molar-refractivity contribution in [3.8, 4) is 11.5 Å². The number of hydrogen-bond donors (Lipinski definition) is 0. The molecule has 0 atom stereocenters. The van der Waals surface area contributed by atoms with Gasteiger partial charge < -0.3 is 9.47 Å². The lowest BCUT2D eigenvalue weighted by Gasteiger charge is -2.14. The maximum Gasteiger partial charge on any atom is 0.293 e. The summed E-state index contributed by atoms with van der Waals surface area (Å²) in [7, 11) is 1.49. The Labute approximate surface area is 213 Å². The first-order valence-corrected chi connectivity index (χ1v) is 12.1. The zero-order valence-electron chi connectivity index (χ0n) is 17.9. The van der Waals surface area contributed by atoms with Crippen molar-refractivity contribution in [3.05, 3.63) is 97.6 Å². The molecule has 174 valence electrons. The van der Waals surface area contributed by atoms with Gasteiger partial charge in [0.15, 0.2) is 11.5 Å². The van der Waals surface area contributed by atoms with E-state index in [9.17, 15) is 14.0 Å². The van der Waals surface area contributed by atoms with Crippen LogP contribution in [0.2, 0.25) is 5.02 Å². The maximum absolute atomic E-state index is 13.9. The molecule has 1 heterocycles. The predicted molar refractivity (Wildman–Crippen MR) is 134 cm³/mol. The van der Waals surface area contributed by atoms with Gasteiger partial charge in [0, 0.05) is 15.1 Å². The summed E-state index contributed by atoms with van der Waals surface area (Å²) < 4.78 is 25.7. The van der Waals surface area contributed by atoms with Crippen LogP contribution in [0.3, 0.4) is 0 Å². The van der Waals surface area contributed by atoms with Crippen LogP contribution in [0, 0.1) is 5.82 Å². The molecule has 3 aromatic carbocycles. The molecule has 0 aromatic heterocycles. The minimum atomic E-state index is -0.379. The van der Waals surface area contributed by atoms with E-state index in [2.05, 4.69) is 15.9 Å². The smallest absolute Gasteiger partial charge is 0.293 e. The van der Waals surface area contributed by atoms with E-state index in [4.69, 9.17) is 21.1 Å². The second-order valence-corrected chi connectivity index (χ2v) is 9.58. The molecule has 0 saturated carbocycles. The van der Waals surface area contributed by atoms with E-state index < -0.39 is 0 Å². The maximum atomic E-state index is 13.9. The van der Waals surface area contributed by atoms with Crippen molar-refractivity contribution in [1.29, 1.82) is 0 Å². The van der Waals surface area contributed by atoms with Gasteiger partial charge in [-0.15, -0.1) is 0 Å². The lowest BCUT2D eigenvalue weighted by molar-refractivity contribution is -0.123. The van der Waals surface area contributed by atoms with Crippen LogP contribution in [-0.2, 0) is 17.9 Å². The number of nitrogens with zero attached hydrogens (tertiary/aromatic N) is 1. The molecule has 2 amide bonds. The molecule has 1 aliphatic heterocycles. The minimum Gasteiger partial charge on any atom is -0.493 e. The summed E-state index contributed by atoms with van der Waals surface area (Å²) in [5, 5.41) is 0.233. The van der Waals surface area contributed by atoms with E-state index in [1.165, 1.54) is 18.1 Å². The average Bonchev–Trinajstić information content (AvgIpc) is 3.08. The van der Waals surface area contributed by atoms with E-state index in [-0.39, 0.29) is 30.1 Å². The average molecular weight is 563 g/mol. The van der Waals surface area contributed by atoms with Crippen LogP contribution >= 0.6 is 39.3 Å². The van der Waals surface area contributed by atoms with Crippen molar-refractivity contribution in [3.63, 3.8) is 0 Å². The number of imide groups is 1. The Morgan fingerprint density at radius 3 is 2.53 bits per heavy atom.